The van der Waals surface area contributed by atoms with Crippen molar-refractivity contribution in [1.82, 2.24) is 20.0 Å². The van der Waals surface area contributed by atoms with Gasteiger partial charge in [-0.3, -0.25) is 4.99 Å². The molecule has 1 aromatic carbocycles. The molecule has 3 rings (SSSR count). The van der Waals surface area contributed by atoms with E-state index in [1.807, 2.05) is 29.9 Å². The van der Waals surface area contributed by atoms with Gasteiger partial charge in [-0.1, -0.05) is 18.2 Å². The summed E-state index contributed by atoms with van der Waals surface area (Å²) in [5, 5.41) is 8.21. The van der Waals surface area contributed by atoms with Gasteiger partial charge in [-0.25, -0.2) is 4.68 Å². The fourth-order valence-corrected chi connectivity index (χ4v) is 3.50. The van der Waals surface area contributed by atoms with Gasteiger partial charge in [0.15, 0.2) is 5.96 Å². The van der Waals surface area contributed by atoms with Crippen LogP contribution in [0.2, 0.25) is 0 Å². The highest BCUT2D eigenvalue weighted by Gasteiger charge is 2.19. The fourth-order valence-electron chi connectivity index (χ4n) is 3.50. The normalized spacial score (nSPS) is 16.9. The predicted molar refractivity (Wildman–Crippen MR) is 120 cm³/mol. The van der Waals surface area contributed by atoms with Crippen LogP contribution in [-0.4, -0.2) is 54.5 Å². The third kappa shape index (κ3) is 5.22. The average Bonchev–Trinajstić information content (AvgIpc) is 3.25. The van der Waals surface area contributed by atoms with Crippen molar-refractivity contribution in [1.29, 1.82) is 0 Å². The van der Waals surface area contributed by atoms with Crippen LogP contribution in [0.15, 0.2) is 35.3 Å². The molecule has 0 spiro atoms. The molecular formula is C20H30IN5O. The molecule has 27 heavy (non-hydrogen) atoms. The molecule has 0 saturated carbocycles. The fraction of sp³-hybridized carbons (Fsp3) is 0.500. The van der Waals surface area contributed by atoms with Gasteiger partial charge in [0.25, 0.3) is 0 Å². The Morgan fingerprint density at radius 1 is 1.33 bits per heavy atom. The largest absolute Gasteiger partial charge is 0.381 e. The van der Waals surface area contributed by atoms with Crippen molar-refractivity contribution in [3.8, 4) is 5.69 Å². The van der Waals surface area contributed by atoms with E-state index in [9.17, 15) is 0 Å². The van der Waals surface area contributed by atoms with E-state index in [-0.39, 0.29) is 24.0 Å². The Balaban J connectivity index is 0.00000261. The lowest BCUT2D eigenvalue weighted by Gasteiger charge is -2.24. The Kier molecular flexibility index (Phi) is 8.09. The number of hydrogen-bond acceptors (Lipinski definition) is 3. The van der Waals surface area contributed by atoms with E-state index in [1.54, 1.807) is 0 Å². The second-order valence-electron chi connectivity index (χ2n) is 6.91. The Morgan fingerprint density at radius 3 is 2.70 bits per heavy atom. The molecule has 2 aromatic rings. The number of aryl methyl sites for hydroxylation is 1. The molecule has 148 valence electrons. The molecule has 0 aliphatic carbocycles. The number of aliphatic imine (C=N–C) groups is 1. The lowest BCUT2D eigenvalue weighted by Crippen LogP contribution is -2.41. The molecule has 7 heteroatoms. The summed E-state index contributed by atoms with van der Waals surface area (Å²) in [6.07, 6.45) is 1.13. The number of benzene rings is 1. The first-order chi connectivity index (χ1) is 12.6. The second kappa shape index (κ2) is 10.1. The SMILES string of the molecule is CN=C(NCc1c(C)nn(-c2ccccc2)c1C)N(C)CC1CCOC1.I. The van der Waals surface area contributed by atoms with Gasteiger partial charge in [-0.05, 0) is 32.4 Å². The van der Waals surface area contributed by atoms with Gasteiger partial charge in [0, 0.05) is 51.0 Å². The third-order valence-corrected chi connectivity index (χ3v) is 4.99. The van der Waals surface area contributed by atoms with Crippen LogP contribution < -0.4 is 5.32 Å². The Hall–Kier alpha value is -1.61. The van der Waals surface area contributed by atoms with Gasteiger partial charge in [0.2, 0.25) is 0 Å². The van der Waals surface area contributed by atoms with Crippen LogP contribution in [0.4, 0.5) is 0 Å². The quantitative estimate of drug-likeness (QED) is 0.404. The van der Waals surface area contributed by atoms with Crippen LogP contribution in [-0.2, 0) is 11.3 Å². The summed E-state index contributed by atoms with van der Waals surface area (Å²) in [5.74, 6) is 1.49. The smallest absolute Gasteiger partial charge is 0.193 e. The monoisotopic (exact) mass is 483 g/mol. The van der Waals surface area contributed by atoms with Crippen LogP contribution in [0.1, 0.15) is 23.4 Å². The minimum atomic E-state index is 0. The Morgan fingerprint density at radius 2 is 2.07 bits per heavy atom. The molecule has 0 bridgehead atoms. The standard InChI is InChI=1S/C20H29N5O.HI/c1-15-19(16(2)25(23-15)18-8-6-5-7-9-18)12-22-20(21-3)24(4)13-17-10-11-26-14-17;/h5-9,17H,10-14H2,1-4H3,(H,21,22);1H. The highest BCUT2D eigenvalue weighted by molar-refractivity contribution is 14.0. The van der Waals surface area contributed by atoms with Crippen molar-refractivity contribution in [3.63, 3.8) is 0 Å². The summed E-state index contributed by atoms with van der Waals surface area (Å²) in [5.41, 5.74) is 4.50. The number of ether oxygens (including phenoxy) is 1. The minimum absolute atomic E-state index is 0. The number of nitrogens with one attached hydrogen (secondary N) is 1. The molecule has 1 fully saturated rings. The van der Waals surface area contributed by atoms with E-state index < -0.39 is 0 Å². The summed E-state index contributed by atoms with van der Waals surface area (Å²) >= 11 is 0. The molecule has 2 heterocycles. The summed E-state index contributed by atoms with van der Waals surface area (Å²) in [6.45, 7) is 7.58. The second-order valence-corrected chi connectivity index (χ2v) is 6.91. The molecular weight excluding hydrogens is 453 g/mol. The van der Waals surface area contributed by atoms with E-state index in [0.29, 0.717) is 12.5 Å². The Labute approximate surface area is 179 Å². The Bertz CT molecular complexity index is 753. The van der Waals surface area contributed by atoms with Crippen LogP contribution in [0, 0.1) is 19.8 Å². The molecule has 1 aliphatic heterocycles. The van der Waals surface area contributed by atoms with E-state index in [0.717, 1.165) is 49.2 Å². The minimum Gasteiger partial charge on any atom is -0.381 e. The highest BCUT2D eigenvalue weighted by Crippen LogP contribution is 2.18. The first-order valence-electron chi connectivity index (χ1n) is 9.20. The summed E-state index contributed by atoms with van der Waals surface area (Å²) < 4.78 is 7.49. The maximum Gasteiger partial charge on any atom is 0.193 e. The van der Waals surface area contributed by atoms with Crippen molar-refractivity contribution >= 4 is 29.9 Å². The summed E-state index contributed by atoms with van der Waals surface area (Å²) in [7, 11) is 3.91. The first-order valence-corrected chi connectivity index (χ1v) is 9.20. The summed E-state index contributed by atoms with van der Waals surface area (Å²) in [6, 6.07) is 10.2. The molecule has 0 amide bonds. The van der Waals surface area contributed by atoms with Gasteiger partial charge in [-0.15, -0.1) is 24.0 Å². The van der Waals surface area contributed by atoms with Crippen molar-refractivity contribution in [2.75, 3.05) is 33.9 Å². The highest BCUT2D eigenvalue weighted by atomic mass is 127. The van der Waals surface area contributed by atoms with Crippen LogP contribution in [0.5, 0.6) is 0 Å². The number of para-hydroxylation sites is 1. The molecule has 1 unspecified atom stereocenters. The predicted octanol–water partition coefficient (Wildman–Crippen LogP) is 3.15. The molecule has 1 aromatic heterocycles. The van der Waals surface area contributed by atoms with Crippen LogP contribution in [0.25, 0.3) is 5.69 Å². The topological polar surface area (TPSA) is 54.7 Å². The first kappa shape index (κ1) is 21.7. The maximum absolute atomic E-state index is 5.48. The van der Waals surface area contributed by atoms with Crippen molar-refractivity contribution in [2.24, 2.45) is 10.9 Å². The molecule has 1 atom stereocenters. The molecule has 0 radical (unpaired) electrons. The lowest BCUT2D eigenvalue weighted by atomic mass is 10.1. The van der Waals surface area contributed by atoms with Gasteiger partial charge in [0.05, 0.1) is 18.0 Å². The third-order valence-electron chi connectivity index (χ3n) is 4.99. The number of halogens is 1. The van der Waals surface area contributed by atoms with Gasteiger partial charge >= 0.3 is 0 Å². The zero-order chi connectivity index (χ0) is 18.5. The number of aromatic nitrogens is 2. The number of rotatable bonds is 5. The van der Waals surface area contributed by atoms with E-state index in [4.69, 9.17) is 9.84 Å². The zero-order valence-corrected chi connectivity index (χ0v) is 18.9. The maximum atomic E-state index is 5.48. The molecule has 6 nitrogen and oxygen atoms in total. The number of guanidine groups is 1. The number of nitrogens with zero attached hydrogens (tertiary/aromatic N) is 4. The van der Waals surface area contributed by atoms with Crippen molar-refractivity contribution in [3.05, 3.63) is 47.3 Å². The van der Waals surface area contributed by atoms with Crippen molar-refractivity contribution < 1.29 is 4.74 Å². The molecule has 1 aliphatic rings. The van der Waals surface area contributed by atoms with E-state index >= 15 is 0 Å². The van der Waals surface area contributed by atoms with E-state index in [2.05, 4.69) is 48.2 Å². The molecule has 1 saturated heterocycles. The molecule has 1 N–H and O–H groups in total. The summed E-state index contributed by atoms with van der Waals surface area (Å²) in [4.78, 5) is 6.62. The lowest BCUT2D eigenvalue weighted by molar-refractivity contribution is 0.181. The van der Waals surface area contributed by atoms with Gasteiger partial charge in [0.1, 0.15) is 0 Å². The van der Waals surface area contributed by atoms with Gasteiger partial charge in [-0.2, -0.15) is 5.10 Å². The van der Waals surface area contributed by atoms with Crippen molar-refractivity contribution in [2.45, 2.75) is 26.8 Å². The average molecular weight is 483 g/mol. The van der Waals surface area contributed by atoms with Crippen LogP contribution >= 0.6 is 24.0 Å². The number of hydrogen-bond donors (Lipinski definition) is 1. The van der Waals surface area contributed by atoms with Crippen LogP contribution in [0.3, 0.4) is 0 Å². The zero-order valence-electron chi connectivity index (χ0n) is 16.6. The van der Waals surface area contributed by atoms with Gasteiger partial charge < -0.3 is 15.0 Å². The van der Waals surface area contributed by atoms with E-state index in [1.165, 1.54) is 5.56 Å².